The van der Waals surface area contributed by atoms with E-state index < -0.39 is 13.3 Å². The quantitative estimate of drug-likeness (QED) is 0.341. The van der Waals surface area contributed by atoms with Crippen LogP contribution in [-0.2, 0) is 4.57 Å². The lowest BCUT2D eigenvalue weighted by Gasteiger charge is -2.16. The van der Waals surface area contributed by atoms with E-state index in [4.69, 9.17) is 5.11 Å². The molecule has 0 aliphatic rings. The Morgan fingerprint density at radius 2 is 1.44 bits per heavy atom. The van der Waals surface area contributed by atoms with E-state index in [1.807, 2.05) is 40.7 Å². The molecule has 4 nitrogen and oxygen atoms in total. The van der Waals surface area contributed by atoms with Gasteiger partial charge in [0.2, 0.25) is 0 Å². The number of rotatable bonds is 11. The molecule has 144 valence electrons. The molecule has 0 bridgehead atoms. The zero-order valence-electron chi connectivity index (χ0n) is 16.3. The third-order valence-corrected chi connectivity index (χ3v) is 5.20. The molecule has 1 atom stereocenters. The van der Waals surface area contributed by atoms with Crippen LogP contribution in [0.25, 0.3) is 0 Å². The monoisotopic (exact) mass is 370 g/mol. The summed E-state index contributed by atoms with van der Waals surface area (Å²) in [6.45, 7) is 9.96. The van der Waals surface area contributed by atoms with Crippen molar-refractivity contribution in [3.05, 3.63) is 46.6 Å². The van der Waals surface area contributed by atoms with Gasteiger partial charge in [-0.1, -0.05) is 46.6 Å². The lowest BCUT2D eigenvalue weighted by molar-refractivity contribution is 0.341. The van der Waals surface area contributed by atoms with Gasteiger partial charge in [0.1, 0.15) is 0 Å². The Hall–Kier alpha value is -0.930. The average molecular weight is 370 g/mol. The Labute approximate surface area is 153 Å². The van der Waals surface area contributed by atoms with E-state index in [1.54, 1.807) is 12.2 Å². The molecule has 0 heterocycles. The standard InChI is InChI=1S/C20H35O4P/c1-16(2)8-6-10-18(4)14-20(25(22,23)24)15-19(5)11-7-9-17(3)12-13-21/h8,11-12,14,20-21H,6-7,9-10,13,15H2,1-5H3,(H2,22,23,24)/b17-12+,18-14+,19-11+. The van der Waals surface area contributed by atoms with E-state index in [-0.39, 0.29) is 6.61 Å². The summed E-state index contributed by atoms with van der Waals surface area (Å²) in [7, 11) is -4.17. The summed E-state index contributed by atoms with van der Waals surface area (Å²) in [6, 6.07) is 0. The van der Waals surface area contributed by atoms with Crippen molar-refractivity contribution in [1.82, 2.24) is 0 Å². The van der Waals surface area contributed by atoms with E-state index in [2.05, 4.69) is 6.08 Å². The van der Waals surface area contributed by atoms with Crippen LogP contribution in [0.3, 0.4) is 0 Å². The minimum atomic E-state index is -4.17. The first-order chi connectivity index (χ1) is 11.6. The number of aliphatic hydroxyl groups excluding tert-OH is 1. The van der Waals surface area contributed by atoms with E-state index in [9.17, 15) is 14.4 Å². The lowest BCUT2D eigenvalue weighted by atomic mass is 10.0. The second-order valence-electron chi connectivity index (χ2n) is 7.02. The van der Waals surface area contributed by atoms with Gasteiger partial charge in [0.25, 0.3) is 0 Å². The molecule has 0 amide bonds. The fourth-order valence-corrected chi connectivity index (χ4v) is 3.47. The molecular formula is C20H35O4P. The van der Waals surface area contributed by atoms with Crippen LogP contribution < -0.4 is 0 Å². The summed E-state index contributed by atoms with van der Waals surface area (Å²) in [5.74, 6) is 0. The Morgan fingerprint density at radius 3 is 1.96 bits per heavy atom. The fourth-order valence-electron chi connectivity index (χ4n) is 2.49. The van der Waals surface area contributed by atoms with Gasteiger partial charge >= 0.3 is 7.60 Å². The van der Waals surface area contributed by atoms with Crippen molar-refractivity contribution in [1.29, 1.82) is 0 Å². The van der Waals surface area contributed by atoms with E-state index in [0.29, 0.717) is 6.42 Å². The molecule has 25 heavy (non-hydrogen) atoms. The number of allylic oxidation sites excluding steroid dienone is 7. The van der Waals surface area contributed by atoms with Crippen molar-refractivity contribution in [2.75, 3.05) is 6.61 Å². The van der Waals surface area contributed by atoms with Gasteiger partial charge in [-0.15, -0.1) is 0 Å². The zero-order valence-corrected chi connectivity index (χ0v) is 17.2. The molecule has 0 aliphatic heterocycles. The van der Waals surface area contributed by atoms with Gasteiger partial charge < -0.3 is 14.9 Å². The highest BCUT2D eigenvalue weighted by molar-refractivity contribution is 7.52. The Morgan fingerprint density at radius 1 is 0.880 bits per heavy atom. The van der Waals surface area contributed by atoms with Crippen molar-refractivity contribution in [2.45, 2.75) is 72.4 Å². The molecule has 0 rings (SSSR count). The van der Waals surface area contributed by atoms with Crippen LogP contribution in [0.1, 0.15) is 66.7 Å². The summed E-state index contributed by atoms with van der Waals surface area (Å²) in [5.41, 5.74) is 3.61. The number of hydrogen-bond donors (Lipinski definition) is 3. The lowest BCUT2D eigenvalue weighted by Crippen LogP contribution is -2.07. The molecule has 0 saturated heterocycles. The maximum absolute atomic E-state index is 11.8. The summed E-state index contributed by atoms with van der Waals surface area (Å²) in [4.78, 5) is 19.3. The molecular weight excluding hydrogens is 335 g/mol. The topological polar surface area (TPSA) is 77.8 Å². The molecule has 0 saturated carbocycles. The van der Waals surface area contributed by atoms with Crippen molar-refractivity contribution < 1.29 is 19.5 Å². The summed E-state index contributed by atoms with van der Waals surface area (Å²) >= 11 is 0. The molecule has 0 aromatic rings. The first kappa shape index (κ1) is 24.1. The van der Waals surface area contributed by atoms with E-state index in [1.165, 1.54) is 5.57 Å². The summed E-state index contributed by atoms with van der Waals surface area (Å²) in [6.07, 6.45) is 11.4. The first-order valence-corrected chi connectivity index (χ1v) is 10.5. The third kappa shape index (κ3) is 13.0. The van der Waals surface area contributed by atoms with Crippen molar-refractivity contribution in [3.63, 3.8) is 0 Å². The molecule has 0 spiro atoms. The van der Waals surface area contributed by atoms with Crippen LogP contribution >= 0.6 is 7.60 Å². The van der Waals surface area contributed by atoms with Gasteiger partial charge in [-0.2, -0.15) is 0 Å². The minimum Gasteiger partial charge on any atom is -0.392 e. The predicted molar refractivity (Wildman–Crippen MR) is 107 cm³/mol. The van der Waals surface area contributed by atoms with E-state index >= 15 is 0 Å². The van der Waals surface area contributed by atoms with Crippen LogP contribution in [0, 0.1) is 0 Å². The Kier molecular flexibility index (Phi) is 12.0. The van der Waals surface area contributed by atoms with Crippen LogP contribution in [-0.4, -0.2) is 27.2 Å². The smallest absolute Gasteiger partial charge is 0.332 e. The van der Waals surface area contributed by atoms with Crippen LogP contribution in [0.4, 0.5) is 0 Å². The highest BCUT2D eigenvalue weighted by Gasteiger charge is 2.26. The van der Waals surface area contributed by atoms with Crippen LogP contribution in [0.15, 0.2) is 46.6 Å². The van der Waals surface area contributed by atoms with Gasteiger partial charge in [-0.05, 0) is 66.7 Å². The van der Waals surface area contributed by atoms with Gasteiger partial charge in [0, 0.05) is 0 Å². The highest BCUT2D eigenvalue weighted by atomic mass is 31.2. The average Bonchev–Trinajstić information content (AvgIpc) is 2.45. The maximum Gasteiger partial charge on any atom is 0.332 e. The van der Waals surface area contributed by atoms with Crippen LogP contribution in [0.5, 0.6) is 0 Å². The fraction of sp³-hybridized carbons (Fsp3) is 0.600. The van der Waals surface area contributed by atoms with Crippen molar-refractivity contribution in [2.24, 2.45) is 0 Å². The highest BCUT2D eigenvalue weighted by Crippen LogP contribution is 2.45. The number of aliphatic hydroxyl groups is 1. The maximum atomic E-state index is 11.8. The van der Waals surface area contributed by atoms with Gasteiger partial charge in [-0.25, -0.2) is 0 Å². The SMILES string of the molecule is CC(C)=CCC/C(C)=C/C(C/C(C)=C/CC/C(C)=C/CO)P(=O)(O)O. The molecule has 3 N–H and O–H groups in total. The number of hydrogen-bond acceptors (Lipinski definition) is 2. The molecule has 5 heteroatoms. The molecule has 0 radical (unpaired) electrons. The normalized spacial score (nSPS) is 15.3. The second-order valence-corrected chi connectivity index (χ2v) is 8.86. The van der Waals surface area contributed by atoms with Crippen LogP contribution in [0.2, 0.25) is 0 Å². The molecule has 1 unspecified atom stereocenters. The molecule has 0 aromatic carbocycles. The largest absolute Gasteiger partial charge is 0.392 e. The molecule has 0 aromatic heterocycles. The summed E-state index contributed by atoms with van der Waals surface area (Å²) in [5, 5.41) is 8.84. The first-order valence-electron chi connectivity index (χ1n) is 8.84. The Balaban J connectivity index is 4.86. The van der Waals surface area contributed by atoms with Gasteiger partial charge in [0.15, 0.2) is 0 Å². The van der Waals surface area contributed by atoms with Gasteiger partial charge in [0.05, 0.1) is 12.3 Å². The van der Waals surface area contributed by atoms with Crippen molar-refractivity contribution in [3.8, 4) is 0 Å². The van der Waals surface area contributed by atoms with Crippen molar-refractivity contribution >= 4 is 7.60 Å². The Bertz CT molecular complexity index is 560. The summed E-state index contributed by atoms with van der Waals surface area (Å²) < 4.78 is 11.8. The molecule has 0 fully saturated rings. The predicted octanol–water partition coefficient (Wildman–Crippen LogP) is 5.28. The minimum absolute atomic E-state index is 0.0472. The molecule has 0 aliphatic carbocycles. The third-order valence-electron chi connectivity index (χ3n) is 4.00. The zero-order chi connectivity index (χ0) is 19.5. The van der Waals surface area contributed by atoms with E-state index in [0.717, 1.165) is 42.4 Å². The second kappa shape index (κ2) is 12.4. The van der Waals surface area contributed by atoms with Gasteiger partial charge in [-0.3, -0.25) is 4.57 Å².